The highest BCUT2D eigenvalue weighted by Gasteiger charge is 2.19. The molecule has 3 rings (SSSR count). The standard InChI is InChI=1S/C15H15NO3S/c1-18-15(19-2)11-6-13(20-8-11)9-3-4-12-10(5-9)7-16-14(12)17/h3-6,8,15H,7H2,1-2H3,(H,16,17). The molecule has 0 spiro atoms. The molecule has 0 saturated carbocycles. The average molecular weight is 289 g/mol. The van der Waals surface area contributed by atoms with Crippen LogP contribution in [0.15, 0.2) is 29.6 Å². The van der Waals surface area contributed by atoms with Crippen LogP contribution in [0.3, 0.4) is 0 Å². The van der Waals surface area contributed by atoms with E-state index in [2.05, 4.69) is 17.4 Å². The number of hydrogen-bond acceptors (Lipinski definition) is 4. The minimum Gasteiger partial charge on any atom is -0.352 e. The Hall–Kier alpha value is -1.69. The molecule has 0 unspecified atom stereocenters. The van der Waals surface area contributed by atoms with Gasteiger partial charge in [-0.15, -0.1) is 11.3 Å². The Morgan fingerprint density at radius 3 is 2.80 bits per heavy atom. The lowest BCUT2D eigenvalue weighted by Gasteiger charge is -2.10. The fraction of sp³-hybridized carbons (Fsp3) is 0.267. The number of carbonyl (C=O) groups is 1. The van der Waals surface area contributed by atoms with Crippen molar-refractivity contribution in [2.75, 3.05) is 14.2 Å². The van der Waals surface area contributed by atoms with E-state index in [0.717, 1.165) is 27.1 Å². The molecule has 104 valence electrons. The Kier molecular flexibility index (Phi) is 3.56. The topological polar surface area (TPSA) is 47.6 Å². The van der Waals surface area contributed by atoms with Gasteiger partial charge in [0.1, 0.15) is 0 Å². The maximum Gasteiger partial charge on any atom is 0.251 e. The minimum absolute atomic E-state index is 0.0113. The van der Waals surface area contributed by atoms with Gasteiger partial charge in [-0.25, -0.2) is 0 Å². The second-order valence-electron chi connectivity index (χ2n) is 4.60. The molecular formula is C15H15NO3S. The summed E-state index contributed by atoms with van der Waals surface area (Å²) in [5, 5.41) is 4.86. The summed E-state index contributed by atoms with van der Waals surface area (Å²) in [5.74, 6) is 0.0113. The normalized spacial score (nSPS) is 13.7. The summed E-state index contributed by atoms with van der Waals surface area (Å²) in [5.41, 5.74) is 3.95. The molecule has 2 aromatic rings. The second kappa shape index (κ2) is 5.36. The zero-order valence-electron chi connectivity index (χ0n) is 11.3. The van der Waals surface area contributed by atoms with Gasteiger partial charge in [-0.1, -0.05) is 6.07 Å². The van der Waals surface area contributed by atoms with E-state index in [1.165, 1.54) is 0 Å². The monoisotopic (exact) mass is 289 g/mol. The lowest BCUT2D eigenvalue weighted by atomic mass is 10.0. The van der Waals surface area contributed by atoms with Gasteiger partial charge >= 0.3 is 0 Å². The molecule has 1 aliphatic rings. The van der Waals surface area contributed by atoms with Gasteiger partial charge in [0.05, 0.1) is 0 Å². The molecule has 1 aromatic carbocycles. The van der Waals surface area contributed by atoms with Crippen LogP contribution in [0.4, 0.5) is 0 Å². The van der Waals surface area contributed by atoms with Gasteiger partial charge in [-0.05, 0) is 34.7 Å². The summed E-state index contributed by atoms with van der Waals surface area (Å²) in [6.07, 6.45) is -0.335. The van der Waals surface area contributed by atoms with E-state index >= 15 is 0 Å². The molecular weight excluding hydrogens is 274 g/mol. The Morgan fingerprint density at radius 1 is 1.25 bits per heavy atom. The van der Waals surface area contributed by atoms with Crippen molar-refractivity contribution in [3.63, 3.8) is 0 Å². The Morgan fingerprint density at radius 2 is 2.05 bits per heavy atom. The summed E-state index contributed by atoms with van der Waals surface area (Å²) in [7, 11) is 3.25. The SMILES string of the molecule is COC(OC)c1csc(-c2ccc3c(c2)CNC3=O)c1. The summed E-state index contributed by atoms with van der Waals surface area (Å²) >= 11 is 1.64. The highest BCUT2D eigenvalue weighted by Crippen LogP contribution is 2.33. The van der Waals surface area contributed by atoms with Gasteiger partial charge in [-0.3, -0.25) is 4.79 Å². The lowest BCUT2D eigenvalue weighted by Crippen LogP contribution is -2.12. The van der Waals surface area contributed by atoms with Crippen molar-refractivity contribution in [3.8, 4) is 10.4 Å². The Balaban J connectivity index is 1.92. The van der Waals surface area contributed by atoms with Crippen molar-refractivity contribution in [3.05, 3.63) is 46.3 Å². The number of ether oxygens (including phenoxy) is 2. The zero-order valence-corrected chi connectivity index (χ0v) is 12.1. The fourth-order valence-electron chi connectivity index (χ4n) is 2.38. The summed E-state index contributed by atoms with van der Waals surface area (Å²) in [4.78, 5) is 12.7. The van der Waals surface area contributed by atoms with Crippen LogP contribution in [-0.4, -0.2) is 20.1 Å². The number of hydrogen-bond donors (Lipinski definition) is 1. The first-order valence-corrected chi connectivity index (χ1v) is 7.16. The van der Waals surface area contributed by atoms with Gasteiger partial charge in [0, 0.05) is 36.8 Å². The van der Waals surface area contributed by atoms with Gasteiger partial charge in [-0.2, -0.15) is 0 Å². The summed E-state index contributed by atoms with van der Waals surface area (Å²) < 4.78 is 10.5. The maximum absolute atomic E-state index is 11.5. The number of benzene rings is 1. The molecule has 0 saturated heterocycles. The smallest absolute Gasteiger partial charge is 0.251 e. The summed E-state index contributed by atoms with van der Waals surface area (Å²) in [6.45, 7) is 0.610. The van der Waals surface area contributed by atoms with E-state index in [-0.39, 0.29) is 12.2 Å². The third-order valence-corrected chi connectivity index (χ3v) is 4.39. The highest BCUT2D eigenvalue weighted by molar-refractivity contribution is 7.13. The zero-order chi connectivity index (χ0) is 14.1. The maximum atomic E-state index is 11.5. The third kappa shape index (κ3) is 2.24. The van der Waals surface area contributed by atoms with Crippen LogP contribution in [0.5, 0.6) is 0 Å². The molecule has 0 radical (unpaired) electrons. The van der Waals surface area contributed by atoms with Crippen molar-refractivity contribution >= 4 is 17.2 Å². The molecule has 1 amide bonds. The molecule has 1 aromatic heterocycles. The molecule has 1 aliphatic heterocycles. The Labute approximate surface area is 121 Å². The van der Waals surface area contributed by atoms with Gasteiger partial charge in [0.25, 0.3) is 5.91 Å². The van der Waals surface area contributed by atoms with Crippen LogP contribution in [0.2, 0.25) is 0 Å². The molecule has 0 atom stereocenters. The van der Waals surface area contributed by atoms with Crippen LogP contribution in [0.25, 0.3) is 10.4 Å². The van der Waals surface area contributed by atoms with Crippen molar-refractivity contribution in [2.24, 2.45) is 0 Å². The van der Waals surface area contributed by atoms with Crippen LogP contribution in [0.1, 0.15) is 27.8 Å². The quantitative estimate of drug-likeness (QED) is 0.880. The predicted molar refractivity (Wildman–Crippen MR) is 77.7 cm³/mol. The van der Waals surface area contributed by atoms with E-state index in [0.29, 0.717) is 6.54 Å². The summed E-state index contributed by atoms with van der Waals surface area (Å²) in [6, 6.07) is 8.00. The molecule has 2 heterocycles. The number of thiophene rings is 1. The number of rotatable bonds is 4. The molecule has 0 aliphatic carbocycles. The average Bonchev–Trinajstić information content (AvgIpc) is 3.08. The first kappa shape index (κ1) is 13.3. The molecule has 4 nitrogen and oxygen atoms in total. The molecule has 0 fully saturated rings. The number of nitrogens with one attached hydrogen (secondary N) is 1. The predicted octanol–water partition coefficient (Wildman–Crippen LogP) is 2.95. The second-order valence-corrected chi connectivity index (χ2v) is 5.51. The van der Waals surface area contributed by atoms with Gasteiger partial charge in [0.15, 0.2) is 6.29 Å². The minimum atomic E-state index is -0.335. The number of carbonyl (C=O) groups excluding carboxylic acids is 1. The van der Waals surface area contributed by atoms with Crippen LogP contribution in [-0.2, 0) is 16.0 Å². The number of methoxy groups -OCH3 is 2. The van der Waals surface area contributed by atoms with E-state index < -0.39 is 0 Å². The van der Waals surface area contributed by atoms with E-state index in [9.17, 15) is 4.79 Å². The van der Waals surface area contributed by atoms with Crippen LogP contribution < -0.4 is 5.32 Å². The van der Waals surface area contributed by atoms with E-state index in [1.54, 1.807) is 25.6 Å². The van der Waals surface area contributed by atoms with Crippen molar-refractivity contribution in [2.45, 2.75) is 12.8 Å². The molecule has 20 heavy (non-hydrogen) atoms. The largest absolute Gasteiger partial charge is 0.352 e. The van der Waals surface area contributed by atoms with Gasteiger partial charge < -0.3 is 14.8 Å². The van der Waals surface area contributed by atoms with E-state index in [4.69, 9.17) is 9.47 Å². The van der Waals surface area contributed by atoms with Crippen LogP contribution in [0, 0.1) is 0 Å². The third-order valence-electron chi connectivity index (χ3n) is 3.39. The highest BCUT2D eigenvalue weighted by atomic mass is 32.1. The van der Waals surface area contributed by atoms with E-state index in [1.807, 2.05) is 17.5 Å². The lowest BCUT2D eigenvalue weighted by molar-refractivity contribution is -0.105. The van der Waals surface area contributed by atoms with Crippen molar-refractivity contribution in [1.82, 2.24) is 5.32 Å². The number of amides is 1. The number of fused-ring (bicyclic) bond motifs is 1. The molecule has 0 bridgehead atoms. The van der Waals surface area contributed by atoms with Gasteiger partial charge in [0.2, 0.25) is 0 Å². The van der Waals surface area contributed by atoms with Crippen LogP contribution >= 0.6 is 11.3 Å². The van der Waals surface area contributed by atoms with Crippen molar-refractivity contribution < 1.29 is 14.3 Å². The van der Waals surface area contributed by atoms with Crippen molar-refractivity contribution in [1.29, 1.82) is 0 Å². The molecule has 5 heteroatoms. The Bertz CT molecular complexity index is 646. The first-order chi connectivity index (χ1) is 9.72. The molecule has 1 N–H and O–H groups in total. The first-order valence-electron chi connectivity index (χ1n) is 6.28. The fourth-order valence-corrected chi connectivity index (χ4v) is 3.29.